The normalized spacial score (nSPS) is 13.6. The highest BCUT2D eigenvalue weighted by atomic mass is 31.2. The van der Waals surface area contributed by atoms with Gasteiger partial charge in [0.2, 0.25) is 0 Å². The fourth-order valence-electron chi connectivity index (χ4n) is 7.12. The van der Waals surface area contributed by atoms with Gasteiger partial charge in [-0.1, -0.05) is 206 Å². The molecule has 0 fully saturated rings. The Morgan fingerprint density at radius 1 is 0.582 bits per heavy atom. The lowest BCUT2D eigenvalue weighted by Gasteiger charge is -2.28. The molecule has 0 bridgehead atoms. The number of nitrogens with zero attached hydrogens (tertiary/aromatic N) is 2. The number of primary amides is 1. The zero-order valence-electron chi connectivity index (χ0n) is 37.4. The van der Waals surface area contributed by atoms with Gasteiger partial charge in [-0.2, -0.15) is 0 Å². The lowest BCUT2D eigenvalue weighted by atomic mass is 10.0. The molecule has 3 N–H and O–H groups in total. The van der Waals surface area contributed by atoms with E-state index in [2.05, 4.69) is 13.8 Å². The molecule has 0 heterocycles. The summed E-state index contributed by atoms with van der Waals surface area (Å²) in [5.41, 5.74) is 5.76. The third kappa shape index (κ3) is 41.3. The Balaban J connectivity index is 4.34. The van der Waals surface area contributed by atoms with Crippen molar-refractivity contribution in [2.24, 2.45) is 5.73 Å². The fourth-order valence-corrected chi connectivity index (χ4v) is 8.00. The van der Waals surface area contributed by atoms with Crippen LogP contribution in [-0.4, -0.2) is 87.0 Å². The zero-order valence-corrected chi connectivity index (χ0v) is 38.2. The Morgan fingerprint density at radius 3 is 1.27 bits per heavy atom. The molecular weight excluding hydrogens is 709 g/mol. The summed E-state index contributed by atoms with van der Waals surface area (Å²) in [7, 11) is 1.63. The molecule has 0 aromatic carbocycles. The molecule has 0 aliphatic heterocycles. The lowest BCUT2D eigenvalue weighted by molar-refractivity contribution is -0.870. The first kappa shape index (κ1) is 54.3. The number of hydrogen-bond donors (Lipinski definition) is 2. The molecular formula is C45H95N3O6P+. The van der Waals surface area contributed by atoms with Crippen molar-refractivity contribution in [1.29, 1.82) is 0 Å². The van der Waals surface area contributed by atoms with E-state index in [0.29, 0.717) is 24.2 Å². The Labute approximate surface area is 342 Å². The minimum Gasteiger partial charge on any atom is -0.379 e. The van der Waals surface area contributed by atoms with Crippen LogP contribution in [0, 0.1) is 0 Å². The topological polar surface area (TPSA) is 111 Å². The number of unbranched alkanes of at least 4 members (excludes halogenated alkanes) is 30. The number of quaternary nitrogens is 1. The number of likely N-dealkylation sites (N-methyl/N-ethyl adjacent to an activating group) is 1. The van der Waals surface area contributed by atoms with Gasteiger partial charge < -0.3 is 24.7 Å². The molecule has 0 aliphatic carbocycles. The second-order valence-corrected chi connectivity index (χ2v) is 18.9. The zero-order chi connectivity index (χ0) is 40.7. The van der Waals surface area contributed by atoms with Crippen LogP contribution in [0.1, 0.15) is 219 Å². The van der Waals surface area contributed by atoms with E-state index >= 15 is 0 Å². The Bertz CT molecular complexity index is 874. The van der Waals surface area contributed by atoms with Crippen molar-refractivity contribution in [3.05, 3.63) is 0 Å². The van der Waals surface area contributed by atoms with Gasteiger partial charge in [0, 0.05) is 13.2 Å². The standard InChI is InChI=1S/C45H94N3O6P/c1-6-8-10-12-14-16-18-20-22-23-24-25-27-29-31-33-35-37-40-52-43-44(54-55(50,51)53-41-39-48(3,4)5)42-47(45(46)49)38-36-34-32-30-28-26-21-19-17-15-13-11-9-7-2/h44H,6-43H2,1-5H3,(H2-,46,49,50,51)/p+1. The molecule has 55 heavy (non-hydrogen) atoms. The fraction of sp³-hybridized carbons (Fsp3) is 0.978. The van der Waals surface area contributed by atoms with E-state index in [0.717, 1.165) is 32.1 Å². The summed E-state index contributed by atoms with van der Waals surface area (Å²) in [6, 6.07) is -0.550. The molecule has 0 saturated heterocycles. The Morgan fingerprint density at radius 2 is 0.927 bits per heavy atom. The van der Waals surface area contributed by atoms with Gasteiger partial charge in [-0.3, -0.25) is 9.05 Å². The molecule has 0 saturated carbocycles. The highest BCUT2D eigenvalue weighted by molar-refractivity contribution is 7.47. The van der Waals surface area contributed by atoms with Crippen LogP contribution in [0.25, 0.3) is 0 Å². The summed E-state index contributed by atoms with van der Waals surface area (Å²) in [4.78, 5) is 24.4. The van der Waals surface area contributed by atoms with Gasteiger partial charge in [0.05, 0.1) is 34.3 Å². The molecule has 2 amide bonds. The van der Waals surface area contributed by atoms with Crippen molar-refractivity contribution < 1.29 is 32.5 Å². The summed E-state index contributed by atoms with van der Waals surface area (Å²) in [6.07, 6.45) is 40.8. The van der Waals surface area contributed by atoms with Crippen LogP contribution >= 0.6 is 7.82 Å². The van der Waals surface area contributed by atoms with Crippen molar-refractivity contribution in [2.75, 3.05) is 60.6 Å². The van der Waals surface area contributed by atoms with Crippen molar-refractivity contribution in [1.82, 2.24) is 4.90 Å². The molecule has 0 aliphatic rings. The number of hydrogen-bond acceptors (Lipinski definition) is 5. The summed E-state index contributed by atoms with van der Waals surface area (Å²) in [5.74, 6) is 0. The Kier molecular flexibility index (Phi) is 38.3. The highest BCUT2D eigenvalue weighted by Gasteiger charge is 2.30. The van der Waals surface area contributed by atoms with Crippen LogP contribution in [0.3, 0.4) is 0 Å². The van der Waals surface area contributed by atoms with Gasteiger partial charge in [-0.15, -0.1) is 0 Å². The average molecular weight is 805 g/mol. The number of urea groups is 1. The van der Waals surface area contributed by atoms with Crippen LogP contribution in [0.15, 0.2) is 0 Å². The van der Waals surface area contributed by atoms with Crippen LogP contribution in [0.5, 0.6) is 0 Å². The van der Waals surface area contributed by atoms with Crippen LogP contribution in [0.4, 0.5) is 4.79 Å². The maximum Gasteiger partial charge on any atom is 0.472 e. The van der Waals surface area contributed by atoms with Crippen LogP contribution < -0.4 is 5.73 Å². The summed E-state index contributed by atoms with van der Waals surface area (Å²) in [5, 5.41) is 0. The van der Waals surface area contributed by atoms with E-state index in [1.165, 1.54) is 178 Å². The number of rotatable bonds is 44. The predicted molar refractivity (Wildman–Crippen MR) is 235 cm³/mol. The molecule has 2 atom stereocenters. The molecule has 10 heteroatoms. The monoisotopic (exact) mass is 805 g/mol. The predicted octanol–water partition coefficient (Wildman–Crippen LogP) is 13.1. The smallest absolute Gasteiger partial charge is 0.379 e. The summed E-state index contributed by atoms with van der Waals surface area (Å²) in [6.45, 7) is 6.42. The third-order valence-electron chi connectivity index (χ3n) is 10.8. The van der Waals surface area contributed by atoms with E-state index in [9.17, 15) is 14.3 Å². The Hall–Kier alpha value is -0.700. The van der Waals surface area contributed by atoms with Crippen molar-refractivity contribution >= 4 is 13.9 Å². The lowest BCUT2D eigenvalue weighted by Crippen LogP contribution is -2.43. The minimum atomic E-state index is -4.35. The van der Waals surface area contributed by atoms with E-state index in [1.54, 1.807) is 0 Å². The molecule has 0 aromatic heterocycles. The van der Waals surface area contributed by atoms with Crippen LogP contribution in [-0.2, 0) is 18.3 Å². The van der Waals surface area contributed by atoms with Crippen molar-refractivity contribution in [2.45, 2.75) is 225 Å². The van der Waals surface area contributed by atoms with Gasteiger partial charge in [0.1, 0.15) is 19.3 Å². The van der Waals surface area contributed by atoms with E-state index in [1.807, 2.05) is 21.1 Å². The van der Waals surface area contributed by atoms with Gasteiger partial charge in [-0.25, -0.2) is 9.36 Å². The summed E-state index contributed by atoms with van der Waals surface area (Å²) < 4.78 is 30.3. The molecule has 0 aromatic rings. The molecule has 330 valence electrons. The second-order valence-electron chi connectivity index (χ2n) is 17.5. The first-order valence-electron chi connectivity index (χ1n) is 23.6. The molecule has 9 nitrogen and oxygen atoms in total. The first-order chi connectivity index (χ1) is 26.5. The van der Waals surface area contributed by atoms with E-state index in [4.69, 9.17) is 19.5 Å². The number of carbonyl (C=O) groups excluding carboxylic acids is 1. The molecule has 0 spiro atoms. The van der Waals surface area contributed by atoms with Gasteiger partial charge in [-0.05, 0) is 12.8 Å². The SMILES string of the molecule is CCCCCCCCCCCCCCCCCCCCOCC(CN(CCCCCCCCCCCCCCCC)C(N)=O)OP(=O)(O)OCC[N+](C)(C)C. The number of nitrogens with two attached hydrogens (primary N) is 1. The maximum atomic E-state index is 12.9. The van der Waals surface area contributed by atoms with Gasteiger partial charge in [0.25, 0.3) is 0 Å². The average Bonchev–Trinajstić information content (AvgIpc) is 3.12. The van der Waals surface area contributed by atoms with E-state index < -0.39 is 20.0 Å². The second kappa shape index (κ2) is 38.8. The summed E-state index contributed by atoms with van der Waals surface area (Å²) >= 11 is 0. The molecule has 0 rings (SSSR count). The number of carbonyl (C=O) groups is 1. The number of amides is 2. The highest BCUT2D eigenvalue weighted by Crippen LogP contribution is 2.44. The maximum absolute atomic E-state index is 12.9. The first-order valence-corrected chi connectivity index (χ1v) is 25.1. The third-order valence-corrected chi connectivity index (χ3v) is 11.8. The van der Waals surface area contributed by atoms with E-state index in [-0.39, 0.29) is 19.8 Å². The van der Waals surface area contributed by atoms with Crippen molar-refractivity contribution in [3.63, 3.8) is 0 Å². The van der Waals surface area contributed by atoms with Crippen molar-refractivity contribution in [3.8, 4) is 0 Å². The number of phosphoric acid groups is 1. The van der Waals surface area contributed by atoms with Gasteiger partial charge in [0.15, 0.2) is 0 Å². The van der Waals surface area contributed by atoms with Gasteiger partial charge >= 0.3 is 13.9 Å². The molecule has 2 unspecified atom stereocenters. The van der Waals surface area contributed by atoms with Crippen LogP contribution in [0.2, 0.25) is 0 Å². The number of ether oxygens (including phenoxy) is 1. The number of phosphoric ester groups is 1. The molecule has 0 radical (unpaired) electrons. The largest absolute Gasteiger partial charge is 0.472 e. The quantitative estimate of drug-likeness (QED) is 0.0360. The minimum absolute atomic E-state index is 0.0861.